The number of ketones is 1. The van der Waals surface area contributed by atoms with Gasteiger partial charge in [-0.1, -0.05) is 13.0 Å². The van der Waals surface area contributed by atoms with Gasteiger partial charge in [-0.15, -0.1) is 11.3 Å². The van der Waals surface area contributed by atoms with Crippen LogP contribution in [-0.2, 0) is 4.74 Å². The van der Waals surface area contributed by atoms with Gasteiger partial charge in [-0.25, -0.2) is 4.39 Å². The molecule has 1 aromatic carbocycles. The van der Waals surface area contributed by atoms with Crippen LogP contribution in [0, 0.1) is 11.7 Å². The first kappa shape index (κ1) is 13.2. The van der Waals surface area contributed by atoms with Gasteiger partial charge in [0.1, 0.15) is 5.82 Å². The molecule has 96 valence electrons. The zero-order chi connectivity index (χ0) is 13.1. The van der Waals surface area contributed by atoms with Crippen molar-refractivity contribution in [2.75, 3.05) is 13.7 Å². The molecule has 4 heteroatoms. The lowest BCUT2D eigenvalue weighted by Gasteiger charge is -2.07. The number of carbonyl (C=O) groups is 1. The van der Waals surface area contributed by atoms with Crippen LogP contribution in [0.15, 0.2) is 24.3 Å². The van der Waals surface area contributed by atoms with Gasteiger partial charge in [0.2, 0.25) is 0 Å². The lowest BCUT2D eigenvalue weighted by molar-refractivity contribution is 0.0898. The van der Waals surface area contributed by atoms with Crippen molar-refractivity contribution in [2.24, 2.45) is 5.92 Å². The first-order chi connectivity index (χ1) is 8.61. The monoisotopic (exact) mass is 266 g/mol. The highest BCUT2D eigenvalue weighted by molar-refractivity contribution is 7.20. The van der Waals surface area contributed by atoms with Gasteiger partial charge in [0.25, 0.3) is 0 Å². The van der Waals surface area contributed by atoms with E-state index >= 15 is 0 Å². The van der Waals surface area contributed by atoms with Crippen molar-refractivity contribution in [3.8, 4) is 0 Å². The van der Waals surface area contributed by atoms with Crippen LogP contribution in [0.1, 0.15) is 23.0 Å². The number of hydrogen-bond acceptors (Lipinski definition) is 3. The summed E-state index contributed by atoms with van der Waals surface area (Å²) in [6.07, 6.45) is 0.706. The van der Waals surface area contributed by atoms with Gasteiger partial charge in [-0.05, 0) is 30.0 Å². The molecule has 2 nitrogen and oxygen atoms in total. The summed E-state index contributed by atoms with van der Waals surface area (Å²) >= 11 is 1.35. The maximum absolute atomic E-state index is 13.1. The minimum atomic E-state index is -0.268. The highest BCUT2D eigenvalue weighted by Gasteiger charge is 2.17. The number of fused-ring (bicyclic) bond motifs is 1. The van der Waals surface area contributed by atoms with Crippen molar-refractivity contribution in [2.45, 2.75) is 13.3 Å². The van der Waals surface area contributed by atoms with Crippen LogP contribution < -0.4 is 0 Å². The molecule has 0 amide bonds. The van der Waals surface area contributed by atoms with Crippen LogP contribution in [0.3, 0.4) is 0 Å². The fourth-order valence-corrected chi connectivity index (χ4v) is 2.94. The molecule has 1 heterocycles. The number of carbonyl (C=O) groups excluding carboxylic acids is 1. The Balaban J connectivity index is 2.22. The summed E-state index contributed by atoms with van der Waals surface area (Å²) in [6.45, 7) is 2.47. The van der Waals surface area contributed by atoms with E-state index in [1.165, 1.54) is 23.5 Å². The van der Waals surface area contributed by atoms with Crippen LogP contribution in [0.5, 0.6) is 0 Å². The first-order valence-electron chi connectivity index (χ1n) is 5.84. The summed E-state index contributed by atoms with van der Waals surface area (Å²) in [5, 5.41) is 0.920. The molecular weight excluding hydrogens is 251 g/mol. The molecule has 0 aliphatic carbocycles. The minimum Gasteiger partial charge on any atom is -0.385 e. The lowest BCUT2D eigenvalue weighted by atomic mass is 10.0. The number of hydrogen-bond donors (Lipinski definition) is 0. The molecule has 0 aliphatic heterocycles. The number of methoxy groups -OCH3 is 1. The molecule has 0 bridgehead atoms. The molecular formula is C14H15FO2S. The average Bonchev–Trinajstić information content (AvgIpc) is 2.77. The third-order valence-electron chi connectivity index (χ3n) is 2.93. The number of thiophene rings is 1. The minimum absolute atomic E-state index is 0.0668. The molecule has 18 heavy (non-hydrogen) atoms. The maximum atomic E-state index is 13.1. The number of rotatable bonds is 5. The molecule has 0 N–H and O–H groups in total. The van der Waals surface area contributed by atoms with E-state index < -0.39 is 0 Å². The van der Waals surface area contributed by atoms with Crippen LogP contribution in [0.25, 0.3) is 10.1 Å². The van der Waals surface area contributed by atoms with Crippen molar-refractivity contribution in [1.82, 2.24) is 0 Å². The molecule has 0 saturated heterocycles. The van der Waals surface area contributed by atoms with Crippen molar-refractivity contribution >= 4 is 27.2 Å². The number of halogens is 1. The Morgan fingerprint density at radius 2 is 2.22 bits per heavy atom. The molecule has 1 atom stereocenters. The molecule has 0 radical (unpaired) electrons. The molecule has 0 fully saturated rings. The van der Waals surface area contributed by atoms with E-state index in [-0.39, 0.29) is 17.5 Å². The largest absolute Gasteiger partial charge is 0.385 e. The summed E-state index contributed by atoms with van der Waals surface area (Å²) in [7, 11) is 1.62. The Morgan fingerprint density at radius 3 is 2.94 bits per heavy atom. The number of Topliss-reactive ketones (excluding diaryl/α,β-unsaturated/α-hetero) is 1. The van der Waals surface area contributed by atoms with E-state index in [9.17, 15) is 9.18 Å². The van der Waals surface area contributed by atoms with Crippen LogP contribution >= 0.6 is 11.3 Å². The molecule has 2 aromatic rings. The Hall–Kier alpha value is -1.26. The smallest absolute Gasteiger partial charge is 0.175 e. The zero-order valence-electron chi connectivity index (χ0n) is 10.4. The van der Waals surface area contributed by atoms with Crippen molar-refractivity contribution in [3.05, 3.63) is 35.0 Å². The molecule has 1 unspecified atom stereocenters. The van der Waals surface area contributed by atoms with E-state index in [0.717, 1.165) is 10.1 Å². The molecule has 0 aliphatic rings. The summed E-state index contributed by atoms with van der Waals surface area (Å²) in [5.41, 5.74) is 0. The summed E-state index contributed by atoms with van der Waals surface area (Å²) < 4.78 is 18.9. The van der Waals surface area contributed by atoms with Gasteiger partial charge in [0.15, 0.2) is 5.78 Å². The average molecular weight is 266 g/mol. The predicted molar refractivity (Wildman–Crippen MR) is 71.8 cm³/mol. The predicted octanol–water partition coefficient (Wildman–Crippen LogP) is 3.90. The van der Waals surface area contributed by atoms with Gasteiger partial charge >= 0.3 is 0 Å². The van der Waals surface area contributed by atoms with Crippen molar-refractivity contribution in [1.29, 1.82) is 0 Å². The lowest BCUT2D eigenvalue weighted by Crippen LogP contribution is -2.11. The third-order valence-corrected chi connectivity index (χ3v) is 4.04. The second kappa shape index (κ2) is 5.59. The quantitative estimate of drug-likeness (QED) is 0.767. The van der Waals surface area contributed by atoms with Gasteiger partial charge in [-0.3, -0.25) is 4.79 Å². The Kier molecular flexibility index (Phi) is 4.09. The highest BCUT2D eigenvalue weighted by atomic mass is 32.1. The van der Waals surface area contributed by atoms with Crippen LogP contribution in [0.2, 0.25) is 0 Å². The zero-order valence-corrected chi connectivity index (χ0v) is 11.2. The second-order valence-electron chi connectivity index (χ2n) is 4.34. The molecule has 1 aromatic heterocycles. The van der Waals surface area contributed by atoms with Crippen molar-refractivity contribution in [3.63, 3.8) is 0 Å². The van der Waals surface area contributed by atoms with Gasteiger partial charge in [-0.2, -0.15) is 0 Å². The molecule has 0 spiro atoms. The van der Waals surface area contributed by atoms with Crippen molar-refractivity contribution < 1.29 is 13.9 Å². The fourth-order valence-electron chi connectivity index (χ4n) is 1.79. The summed E-state index contributed by atoms with van der Waals surface area (Å²) in [6, 6.07) is 6.43. The SMILES string of the molecule is COCCC(C)C(=O)c1cc2ccc(F)cc2s1. The standard InChI is InChI=1S/C14H15FO2S/c1-9(5-6-17-2)14(16)13-7-10-3-4-11(15)8-12(10)18-13/h3-4,7-9H,5-6H2,1-2H3. The van der Waals surface area contributed by atoms with Crippen LogP contribution in [-0.4, -0.2) is 19.5 Å². The summed E-state index contributed by atoms with van der Waals surface area (Å²) in [5.74, 6) is -0.229. The van der Waals surface area contributed by atoms with E-state index in [1.54, 1.807) is 13.2 Å². The van der Waals surface area contributed by atoms with Gasteiger partial charge in [0.05, 0.1) is 4.88 Å². The summed E-state index contributed by atoms with van der Waals surface area (Å²) in [4.78, 5) is 12.9. The van der Waals surface area contributed by atoms with E-state index in [1.807, 2.05) is 13.0 Å². The molecule has 0 saturated carbocycles. The Bertz CT molecular complexity index is 562. The second-order valence-corrected chi connectivity index (χ2v) is 5.42. The van der Waals surface area contributed by atoms with Crippen LogP contribution in [0.4, 0.5) is 4.39 Å². The van der Waals surface area contributed by atoms with Gasteiger partial charge in [0, 0.05) is 24.3 Å². The molecule has 2 rings (SSSR count). The van der Waals surface area contributed by atoms with E-state index in [2.05, 4.69) is 0 Å². The Morgan fingerprint density at radius 1 is 1.44 bits per heavy atom. The van der Waals surface area contributed by atoms with Gasteiger partial charge < -0.3 is 4.74 Å². The number of ether oxygens (including phenoxy) is 1. The third kappa shape index (κ3) is 2.76. The maximum Gasteiger partial charge on any atom is 0.175 e. The topological polar surface area (TPSA) is 26.3 Å². The highest BCUT2D eigenvalue weighted by Crippen LogP contribution is 2.28. The number of benzene rings is 1. The van der Waals surface area contributed by atoms with E-state index in [4.69, 9.17) is 4.74 Å². The Labute approximate surface area is 109 Å². The fraction of sp³-hybridized carbons (Fsp3) is 0.357. The van der Waals surface area contributed by atoms with E-state index in [0.29, 0.717) is 17.9 Å². The first-order valence-corrected chi connectivity index (χ1v) is 6.65. The normalized spacial score (nSPS) is 12.8.